The highest BCUT2D eigenvalue weighted by molar-refractivity contribution is 7.17. The maximum Gasteiger partial charge on any atom is 0.350 e. The third-order valence-electron chi connectivity index (χ3n) is 4.99. The smallest absolute Gasteiger partial charge is 0.350 e. The molecule has 0 atom stereocenters. The van der Waals surface area contributed by atoms with E-state index in [0.717, 1.165) is 34.1 Å². The van der Waals surface area contributed by atoms with Gasteiger partial charge in [0.1, 0.15) is 16.2 Å². The number of aryl methyl sites for hydroxylation is 3. The molecule has 0 saturated heterocycles. The van der Waals surface area contributed by atoms with Gasteiger partial charge in [0.25, 0.3) is 0 Å². The highest BCUT2D eigenvalue weighted by Gasteiger charge is 2.15. The quantitative estimate of drug-likeness (QED) is 0.334. The second kappa shape index (κ2) is 8.73. The van der Waals surface area contributed by atoms with E-state index >= 15 is 0 Å². The van der Waals surface area contributed by atoms with E-state index in [2.05, 4.69) is 53.6 Å². The lowest BCUT2D eigenvalue weighted by Gasteiger charge is -2.07. The van der Waals surface area contributed by atoms with Crippen LogP contribution in [0.2, 0.25) is 0 Å². The summed E-state index contributed by atoms with van der Waals surface area (Å²) >= 11 is 1.21. The first kappa shape index (κ1) is 20.8. The van der Waals surface area contributed by atoms with Gasteiger partial charge >= 0.3 is 5.97 Å². The second-order valence-electron chi connectivity index (χ2n) is 7.19. The molecule has 0 bridgehead atoms. The van der Waals surface area contributed by atoms with Crippen LogP contribution in [0.15, 0.2) is 58.0 Å². The van der Waals surface area contributed by atoms with Crippen molar-refractivity contribution in [1.29, 1.82) is 0 Å². The molecule has 2 heterocycles. The van der Waals surface area contributed by atoms with Crippen LogP contribution in [-0.2, 0) is 11.2 Å². The Hall–Kier alpha value is -3.45. The number of fused-ring (bicyclic) bond motifs is 1. The summed E-state index contributed by atoms with van der Waals surface area (Å²) in [5.41, 5.74) is 7.71. The molecule has 0 radical (unpaired) electrons. The minimum atomic E-state index is -0.402. The Morgan fingerprint density at radius 1 is 1.16 bits per heavy atom. The van der Waals surface area contributed by atoms with Crippen molar-refractivity contribution in [3.63, 3.8) is 0 Å². The number of carbonyl (C=O) groups excluding carboxylic acids is 1. The predicted octanol–water partition coefficient (Wildman–Crippen LogP) is 5.45. The van der Waals surface area contributed by atoms with Crippen molar-refractivity contribution in [3.05, 3.63) is 75.6 Å². The second-order valence-corrected chi connectivity index (χ2v) is 8.19. The monoisotopic (exact) mass is 433 g/mol. The largest absolute Gasteiger partial charge is 0.465 e. The lowest BCUT2D eigenvalue weighted by atomic mass is 10.1. The van der Waals surface area contributed by atoms with Crippen LogP contribution in [0, 0.1) is 13.8 Å². The summed E-state index contributed by atoms with van der Waals surface area (Å²) in [7, 11) is 1.36. The molecule has 7 heteroatoms. The molecule has 0 amide bonds. The van der Waals surface area contributed by atoms with Crippen molar-refractivity contribution in [3.8, 4) is 11.3 Å². The van der Waals surface area contributed by atoms with Crippen LogP contribution in [0.1, 0.15) is 33.4 Å². The van der Waals surface area contributed by atoms with Crippen LogP contribution in [0.4, 0.5) is 5.13 Å². The molecule has 2 aromatic carbocycles. The zero-order valence-electron chi connectivity index (χ0n) is 17.9. The van der Waals surface area contributed by atoms with Crippen molar-refractivity contribution in [2.24, 2.45) is 5.10 Å². The number of rotatable bonds is 5. The normalized spacial score (nSPS) is 11.7. The van der Waals surface area contributed by atoms with Crippen LogP contribution in [0.5, 0.6) is 0 Å². The van der Waals surface area contributed by atoms with Crippen molar-refractivity contribution >= 4 is 33.4 Å². The Labute approximate surface area is 184 Å². The first-order chi connectivity index (χ1) is 15.0. The van der Waals surface area contributed by atoms with Gasteiger partial charge in [0.15, 0.2) is 0 Å². The third-order valence-corrected chi connectivity index (χ3v) is 6.03. The zero-order valence-corrected chi connectivity index (χ0v) is 18.7. The van der Waals surface area contributed by atoms with E-state index < -0.39 is 5.97 Å². The van der Waals surface area contributed by atoms with Crippen LogP contribution in [0.25, 0.3) is 22.3 Å². The lowest BCUT2D eigenvalue weighted by molar-refractivity contribution is 0.0605. The third kappa shape index (κ3) is 4.36. The Kier molecular flexibility index (Phi) is 5.86. The number of benzene rings is 2. The maximum atomic E-state index is 11.9. The molecule has 158 valence electrons. The summed E-state index contributed by atoms with van der Waals surface area (Å²) in [5, 5.41) is 6.78. The Balaban J connectivity index is 1.82. The fourth-order valence-corrected chi connectivity index (χ4v) is 4.05. The summed E-state index contributed by atoms with van der Waals surface area (Å²) in [6.07, 6.45) is 0.913. The summed E-state index contributed by atoms with van der Waals surface area (Å²) in [6, 6.07) is 16.2. The molecule has 4 rings (SSSR count). The van der Waals surface area contributed by atoms with Gasteiger partial charge in [0.2, 0.25) is 5.13 Å². The van der Waals surface area contributed by atoms with Crippen LogP contribution in [0.3, 0.4) is 0 Å². The average Bonchev–Trinajstić information content (AvgIpc) is 3.17. The molecule has 0 spiro atoms. The van der Waals surface area contributed by atoms with E-state index in [9.17, 15) is 4.79 Å². The van der Waals surface area contributed by atoms with Gasteiger partial charge in [-0.25, -0.2) is 9.78 Å². The van der Waals surface area contributed by atoms with Gasteiger partial charge in [-0.3, -0.25) is 5.43 Å². The molecular formula is C24H23N3O3S. The molecule has 6 nitrogen and oxygen atoms in total. The molecule has 0 saturated carbocycles. The number of ether oxygens (including phenoxy) is 1. The lowest BCUT2D eigenvalue weighted by Crippen LogP contribution is -2.08. The van der Waals surface area contributed by atoms with Gasteiger partial charge in [-0.2, -0.15) is 5.10 Å². The topological polar surface area (TPSA) is 76.7 Å². The highest BCUT2D eigenvalue weighted by atomic mass is 32.1. The number of hydrogen-bond acceptors (Lipinski definition) is 7. The Morgan fingerprint density at radius 2 is 1.94 bits per heavy atom. The number of nitrogens with one attached hydrogen (secondary N) is 1. The fourth-order valence-electron chi connectivity index (χ4n) is 3.22. The van der Waals surface area contributed by atoms with E-state index in [-0.39, 0.29) is 0 Å². The number of esters is 1. The molecule has 31 heavy (non-hydrogen) atoms. The Morgan fingerprint density at radius 3 is 2.65 bits per heavy atom. The summed E-state index contributed by atoms with van der Waals surface area (Å²) in [6.45, 7) is 5.94. The van der Waals surface area contributed by atoms with Gasteiger partial charge in [-0.05, 0) is 38.0 Å². The van der Waals surface area contributed by atoms with E-state index in [1.807, 2.05) is 24.3 Å². The number of nitrogens with zero attached hydrogens (tertiary/aromatic N) is 2. The Bertz CT molecular complexity index is 1320. The SMILES string of the molecule is CCc1ccc2oc(-c3ccc(C)cc3)c/c(=N\Nc3nc(C)c(C(=O)OC)s3)c2c1. The van der Waals surface area contributed by atoms with Gasteiger partial charge in [0.05, 0.1) is 18.2 Å². The minimum absolute atomic E-state index is 0.402. The first-order valence-corrected chi connectivity index (χ1v) is 10.8. The summed E-state index contributed by atoms with van der Waals surface area (Å²) in [5.74, 6) is 0.323. The number of hydrogen-bond donors (Lipinski definition) is 1. The predicted molar refractivity (Wildman–Crippen MR) is 123 cm³/mol. The van der Waals surface area contributed by atoms with Gasteiger partial charge < -0.3 is 9.15 Å². The first-order valence-electron chi connectivity index (χ1n) is 9.97. The van der Waals surface area contributed by atoms with Crippen LogP contribution >= 0.6 is 11.3 Å². The molecule has 0 unspecified atom stereocenters. The molecule has 0 aliphatic carbocycles. The zero-order chi connectivity index (χ0) is 22.0. The highest BCUT2D eigenvalue weighted by Crippen LogP contribution is 2.25. The molecule has 1 N–H and O–H groups in total. The van der Waals surface area contributed by atoms with Gasteiger partial charge in [-0.15, -0.1) is 0 Å². The summed E-state index contributed by atoms with van der Waals surface area (Å²) < 4.78 is 11.0. The number of thiazole rings is 1. The fraction of sp³-hybridized carbons (Fsp3) is 0.208. The van der Waals surface area contributed by atoms with E-state index in [1.165, 1.54) is 29.6 Å². The van der Waals surface area contributed by atoms with Crippen molar-refractivity contribution in [1.82, 2.24) is 4.98 Å². The summed E-state index contributed by atoms with van der Waals surface area (Å²) in [4.78, 5) is 16.7. The van der Waals surface area contributed by atoms with Crippen molar-refractivity contribution in [2.45, 2.75) is 27.2 Å². The van der Waals surface area contributed by atoms with E-state index in [4.69, 9.17) is 9.15 Å². The van der Waals surface area contributed by atoms with E-state index in [1.54, 1.807) is 6.92 Å². The minimum Gasteiger partial charge on any atom is -0.465 e. The molecular weight excluding hydrogens is 410 g/mol. The number of aromatic nitrogens is 1. The standard InChI is InChI=1S/C24H23N3O3S/c1-5-16-8-11-20-18(12-16)19(13-21(30-20)17-9-6-14(2)7-10-17)26-27-24-25-15(3)22(31-24)23(28)29-4/h6-13H,5H2,1-4H3,(H,25,27)/b26-19+. The molecule has 0 fully saturated rings. The van der Waals surface area contributed by atoms with E-state index in [0.29, 0.717) is 15.7 Å². The number of anilines is 1. The van der Waals surface area contributed by atoms with Gasteiger partial charge in [0, 0.05) is 17.0 Å². The van der Waals surface area contributed by atoms with Crippen molar-refractivity contribution in [2.75, 3.05) is 12.5 Å². The molecule has 4 aromatic rings. The molecule has 0 aliphatic rings. The average molecular weight is 434 g/mol. The molecule has 0 aliphatic heterocycles. The maximum absolute atomic E-state index is 11.9. The van der Waals surface area contributed by atoms with Crippen LogP contribution in [-0.4, -0.2) is 18.1 Å². The van der Waals surface area contributed by atoms with Crippen LogP contribution < -0.4 is 10.8 Å². The van der Waals surface area contributed by atoms with Crippen molar-refractivity contribution < 1.29 is 13.9 Å². The van der Waals surface area contributed by atoms with Gasteiger partial charge in [-0.1, -0.05) is 54.2 Å². The number of carbonyl (C=O) groups is 1. The molecule has 2 aromatic heterocycles. The number of methoxy groups -OCH3 is 1.